The molecule has 2 N–H and O–H groups in total. The first kappa shape index (κ1) is 11.9. The molecule has 1 aromatic heterocycles. The van der Waals surface area contributed by atoms with E-state index in [1.54, 1.807) is 16.9 Å². The van der Waals surface area contributed by atoms with Crippen LogP contribution in [0.25, 0.3) is 0 Å². The summed E-state index contributed by atoms with van der Waals surface area (Å²) in [7, 11) is 0. The molecule has 0 bridgehead atoms. The number of nitrogen functional groups attached to an aromatic ring is 1. The number of aromatic nitrogens is 2. The number of carbonyl (C=O) groups is 1. The molecule has 1 atom stereocenters. The van der Waals surface area contributed by atoms with E-state index in [2.05, 4.69) is 12.0 Å². The Hall–Kier alpha value is -1.56. The van der Waals surface area contributed by atoms with Gasteiger partial charge in [-0.25, -0.2) is 0 Å². The maximum Gasteiger partial charge on any atom is 0.244 e. The number of hydrogen-bond donors (Lipinski definition) is 1. The van der Waals surface area contributed by atoms with Crippen molar-refractivity contribution in [3.05, 3.63) is 12.3 Å². The van der Waals surface area contributed by atoms with Crippen molar-refractivity contribution in [2.24, 2.45) is 0 Å². The number of rotatable bonds is 3. The third kappa shape index (κ3) is 2.97. The van der Waals surface area contributed by atoms with Gasteiger partial charge in [-0.15, -0.1) is 0 Å². The topological polar surface area (TPSA) is 73.4 Å². The van der Waals surface area contributed by atoms with Crippen LogP contribution in [0.3, 0.4) is 0 Å². The molecule has 2 heterocycles. The van der Waals surface area contributed by atoms with Gasteiger partial charge in [0.15, 0.2) is 0 Å². The first-order chi connectivity index (χ1) is 8.19. The van der Waals surface area contributed by atoms with Crippen molar-refractivity contribution >= 4 is 11.7 Å². The largest absolute Gasteiger partial charge is 0.382 e. The summed E-state index contributed by atoms with van der Waals surface area (Å²) in [6.07, 6.45) is 2.80. The van der Waals surface area contributed by atoms with Crippen LogP contribution >= 0.6 is 0 Å². The average Bonchev–Trinajstić information content (AvgIpc) is 2.75. The molecule has 0 saturated carbocycles. The second kappa shape index (κ2) is 5.18. The summed E-state index contributed by atoms with van der Waals surface area (Å²) in [6.45, 7) is 4.25. The van der Waals surface area contributed by atoms with Gasteiger partial charge in [-0.2, -0.15) is 5.10 Å². The van der Waals surface area contributed by atoms with Crippen molar-refractivity contribution in [2.45, 2.75) is 26.0 Å². The molecule has 2 rings (SSSR count). The molecule has 0 aromatic carbocycles. The van der Waals surface area contributed by atoms with Gasteiger partial charge in [0.05, 0.1) is 12.7 Å². The van der Waals surface area contributed by atoms with Crippen LogP contribution in [0.15, 0.2) is 12.3 Å². The highest BCUT2D eigenvalue weighted by atomic mass is 16.5. The van der Waals surface area contributed by atoms with E-state index in [4.69, 9.17) is 10.5 Å². The minimum atomic E-state index is 0.0647. The highest BCUT2D eigenvalue weighted by Crippen LogP contribution is 2.09. The summed E-state index contributed by atoms with van der Waals surface area (Å²) >= 11 is 0. The van der Waals surface area contributed by atoms with Crippen LogP contribution in [-0.4, -0.2) is 46.4 Å². The molecule has 6 heteroatoms. The summed E-state index contributed by atoms with van der Waals surface area (Å²) in [5.74, 6) is 0.501. The Morgan fingerprint density at radius 3 is 3.18 bits per heavy atom. The van der Waals surface area contributed by atoms with E-state index in [0.29, 0.717) is 25.5 Å². The second-order valence-corrected chi connectivity index (χ2v) is 4.18. The number of amides is 1. The molecule has 1 aliphatic heterocycles. The monoisotopic (exact) mass is 238 g/mol. The Morgan fingerprint density at radius 1 is 1.71 bits per heavy atom. The van der Waals surface area contributed by atoms with Gasteiger partial charge in [-0.3, -0.25) is 9.48 Å². The normalized spacial score (nSPS) is 20.5. The lowest BCUT2D eigenvalue weighted by molar-refractivity contribution is -0.139. The fraction of sp³-hybridized carbons (Fsp3) is 0.636. The fourth-order valence-electron chi connectivity index (χ4n) is 1.90. The van der Waals surface area contributed by atoms with Gasteiger partial charge in [-0.1, -0.05) is 6.92 Å². The number of anilines is 1. The molecule has 1 aliphatic rings. The molecule has 1 amide bonds. The van der Waals surface area contributed by atoms with E-state index in [-0.39, 0.29) is 18.6 Å². The van der Waals surface area contributed by atoms with Gasteiger partial charge < -0.3 is 15.4 Å². The van der Waals surface area contributed by atoms with Crippen molar-refractivity contribution in [2.75, 3.05) is 25.4 Å². The van der Waals surface area contributed by atoms with Crippen LogP contribution in [0.5, 0.6) is 0 Å². The highest BCUT2D eigenvalue weighted by molar-refractivity contribution is 5.76. The number of carbonyl (C=O) groups excluding carboxylic acids is 1. The van der Waals surface area contributed by atoms with Gasteiger partial charge in [0.1, 0.15) is 12.4 Å². The summed E-state index contributed by atoms with van der Waals surface area (Å²) in [4.78, 5) is 13.8. The molecule has 0 spiro atoms. The first-order valence-electron chi connectivity index (χ1n) is 5.87. The predicted octanol–water partition coefficient (Wildman–Crippen LogP) is 0.103. The summed E-state index contributed by atoms with van der Waals surface area (Å²) in [5.41, 5.74) is 5.50. The lowest BCUT2D eigenvalue weighted by Crippen LogP contribution is -2.46. The molecule has 6 nitrogen and oxygen atoms in total. The number of ether oxygens (including phenoxy) is 1. The van der Waals surface area contributed by atoms with Crippen molar-refractivity contribution in [3.8, 4) is 0 Å². The lowest BCUT2D eigenvalue weighted by Gasteiger charge is -2.32. The van der Waals surface area contributed by atoms with Gasteiger partial charge >= 0.3 is 0 Å². The Morgan fingerprint density at radius 2 is 2.53 bits per heavy atom. The molecule has 1 saturated heterocycles. The maximum atomic E-state index is 12.0. The van der Waals surface area contributed by atoms with Crippen molar-refractivity contribution in [3.63, 3.8) is 0 Å². The van der Waals surface area contributed by atoms with Crippen molar-refractivity contribution in [1.29, 1.82) is 0 Å². The second-order valence-electron chi connectivity index (χ2n) is 4.18. The van der Waals surface area contributed by atoms with Crippen molar-refractivity contribution < 1.29 is 9.53 Å². The third-order valence-electron chi connectivity index (χ3n) is 2.91. The zero-order valence-electron chi connectivity index (χ0n) is 10.0. The number of morpholine rings is 1. The van der Waals surface area contributed by atoms with Crippen LogP contribution < -0.4 is 5.73 Å². The van der Waals surface area contributed by atoms with Crippen LogP contribution in [0.2, 0.25) is 0 Å². The van der Waals surface area contributed by atoms with E-state index in [1.807, 2.05) is 4.90 Å². The van der Waals surface area contributed by atoms with Gasteiger partial charge in [0.2, 0.25) is 5.91 Å². The Bertz CT molecular complexity index is 391. The van der Waals surface area contributed by atoms with E-state index in [0.717, 1.165) is 6.42 Å². The molecular formula is C11H18N4O2. The number of nitrogens with zero attached hydrogens (tertiary/aromatic N) is 3. The first-order valence-corrected chi connectivity index (χ1v) is 5.87. The predicted molar refractivity (Wildman–Crippen MR) is 63.3 cm³/mol. The summed E-state index contributed by atoms with van der Waals surface area (Å²) in [6, 6.07) is 1.68. The summed E-state index contributed by atoms with van der Waals surface area (Å²) in [5, 5.41) is 4.00. The van der Waals surface area contributed by atoms with Crippen LogP contribution in [0.4, 0.5) is 5.82 Å². The van der Waals surface area contributed by atoms with Gasteiger partial charge in [0, 0.05) is 19.3 Å². The Labute approximate surface area is 100 Å². The summed E-state index contributed by atoms with van der Waals surface area (Å²) < 4.78 is 7.09. The van der Waals surface area contributed by atoms with E-state index in [1.165, 1.54) is 0 Å². The van der Waals surface area contributed by atoms with Crippen LogP contribution in [0.1, 0.15) is 13.3 Å². The highest BCUT2D eigenvalue weighted by Gasteiger charge is 2.23. The maximum absolute atomic E-state index is 12.0. The molecule has 1 fully saturated rings. The Balaban J connectivity index is 1.91. The number of nitrogens with two attached hydrogens (primary N) is 1. The van der Waals surface area contributed by atoms with Gasteiger partial charge in [0.25, 0.3) is 0 Å². The smallest absolute Gasteiger partial charge is 0.244 e. The molecule has 0 radical (unpaired) electrons. The molecule has 17 heavy (non-hydrogen) atoms. The molecule has 1 aromatic rings. The quantitative estimate of drug-likeness (QED) is 0.810. The minimum Gasteiger partial charge on any atom is -0.382 e. The average molecular weight is 238 g/mol. The molecule has 1 unspecified atom stereocenters. The molecule has 94 valence electrons. The molecular weight excluding hydrogens is 220 g/mol. The van der Waals surface area contributed by atoms with E-state index in [9.17, 15) is 4.79 Å². The standard InChI is InChI=1S/C11H18N4O2/c1-2-9-7-14(5-6-17-9)11(16)8-15-4-3-10(12)13-15/h3-4,9H,2,5-8H2,1H3,(H2,12,13). The van der Waals surface area contributed by atoms with Crippen LogP contribution in [0, 0.1) is 0 Å². The minimum absolute atomic E-state index is 0.0647. The zero-order valence-corrected chi connectivity index (χ0v) is 10.0. The van der Waals surface area contributed by atoms with Crippen LogP contribution in [-0.2, 0) is 16.1 Å². The number of hydrogen-bond acceptors (Lipinski definition) is 4. The van der Waals surface area contributed by atoms with Gasteiger partial charge in [-0.05, 0) is 12.5 Å². The van der Waals surface area contributed by atoms with E-state index < -0.39 is 0 Å². The fourth-order valence-corrected chi connectivity index (χ4v) is 1.90. The SMILES string of the molecule is CCC1CN(C(=O)Cn2ccc(N)n2)CCO1. The van der Waals surface area contributed by atoms with Crippen molar-refractivity contribution in [1.82, 2.24) is 14.7 Å². The Kier molecular flexibility index (Phi) is 3.63. The zero-order chi connectivity index (χ0) is 12.3. The molecule has 0 aliphatic carbocycles. The lowest BCUT2D eigenvalue weighted by atomic mass is 10.2. The van der Waals surface area contributed by atoms with E-state index >= 15 is 0 Å². The third-order valence-corrected chi connectivity index (χ3v) is 2.91.